The van der Waals surface area contributed by atoms with Gasteiger partial charge < -0.3 is 0 Å². The van der Waals surface area contributed by atoms with Crippen LogP contribution in [0, 0.1) is 13.8 Å². The number of benzene rings is 1. The van der Waals surface area contributed by atoms with Crippen molar-refractivity contribution in [1.82, 2.24) is 0 Å². The summed E-state index contributed by atoms with van der Waals surface area (Å²) in [6.45, 7) is 9.25. The average Bonchev–Trinajstić information content (AvgIpc) is 2.69. The number of hydrogen-bond donors (Lipinski definition) is 0. The Hall–Kier alpha value is -0.780. The largest absolute Gasteiger partial charge is 0.0654 e. The minimum Gasteiger partial charge on any atom is -0.0654 e. The van der Waals surface area contributed by atoms with Crippen molar-refractivity contribution in [2.24, 2.45) is 0 Å². The highest BCUT2D eigenvalue weighted by Crippen LogP contribution is 2.21. The lowest BCUT2D eigenvalue weighted by Crippen LogP contribution is -1.97. The number of rotatable bonds is 18. The summed E-state index contributed by atoms with van der Waals surface area (Å²) < 4.78 is 0. The first-order valence-corrected chi connectivity index (χ1v) is 12.8. The molecule has 0 aliphatic carbocycles. The van der Waals surface area contributed by atoms with Crippen LogP contribution in [0.1, 0.15) is 139 Å². The number of unbranched alkanes of at least 4 members (excludes halogenated alkanes) is 14. The molecule has 28 heavy (non-hydrogen) atoms. The van der Waals surface area contributed by atoms with Crippen molar-refractivity contribution in [3.8, 4) is 0 Å². The molecule has 162 valence electrons. The Bertz CT molecular complexity index is 439. The van der Waals surface area contributed by atoms with Crippen LogP contribution in [0.2, 0.25) is 0 Å². The van der Waals surface area contributed by atoms with Crippen LogP contribution in [0.25, 0.3) is 0 Å². The summed E-state index contributed by atoms with van der Waals surface area (Å²) in [7, 11) is 0. The molecule has 0 N–H and O–H groups in total. The molecule has 1 rings (SSSR count). The molecule has 1 aromatic carbocycles. The van der Waals surface area contributed by atoms with Crippen LogP contribution in [-0.4, -0.2) is 0 Å². The second kappa shape index (κ2) is 17.1. The van der Waals surface area contributed by atoms with Crippen molar-refractivity contribution in [1.29, 1.82) is 0 Å². The lowest BCUT2D eigenvalue weighted by Gasteiger charge is -2.13. The van der Waals surface area contributed by atoms with E-state index in [1.54, 1.807) is 11.1 Å². The third-order valence-corrected chi connectivity index (χ3v) is 6.39. The molecule has 0 spiro atoms. The van der Waals surface area contributed by atoms with Gasteiger partial charge in [-0.2, -0.15) is 0 Å². The van der Waals surface area contributed by atoms with Gasteiger partial charge in [-0.25, -0.2) is 0 Å². The molecule has 0 aliphatic heterocycles. The topological polar surface area (TPSA) is 0 Å². The van der Waals surface area contributed by atoms with Crippen molar-refractivity contribution < 1.29 is 0 Å². The van der Waals surface area contributed by atoms with E-state index in [1.165, 1.54) is 127 Å². The van der Waals surface area contributed by atoms with Gasteiger partial charge in [-0.15, -0.1) is 0 Å². The maximum absolute atomic E-state index is 2.50. The molecule has 0 radical (unpaired) electrons. The standard InChI is InChI=1S/C28H50/c1-5-7-9-11-13-15-17-19-21-27-23-26(4)28(24-25(27)3)22-20-18-16-14-12-10-8-6-2/h23-24H,5-22H2,1-4H3. The summed E-state index contributed by atoms with van der Waals surface area (Å²) in [4.78, 5) is 0. The van der Waals surface area contributed by atoms with E-state index in [-0.39, 0.29) is 0 Å². The van der Waals surface area contributed by atoms with E-state index in [1.807, 2.05) is 0 Å². The summed E-state index contributed by atoms with van der Waals surface area (Å²) >= 11 is 0. The minimum absolute atomic E-state index is 1.28. The van der Waals surface area contributed by atoms with Gasteiger partial charge in [0.1, 0.15) is 0 Å². The molecule has 0 nitrogen and oxygen atoms in total. The lowest BCUT2D eigenvalue weighted by atomic mass is 9.93. The molecule has 1 aromatic rings. The van der Waals surface area contributed by atoms with Gasteiger partial charge in [-0.3, -0.25) is 0 Å². The van der Waals surface area contributed by atoms with Crippen LogP contribution in [0.3, 0.4) is 0 Å². The van der Waals surface area contributed by atoms with Gasteiger partial charge in [0.25, 0.3) is 0 Å². The fourth-order valence-corrected chi connectivity index (χ4v) is 4.37. The van der Waals surface area contributed by atoms with Crippen LogP contribution in [0.15, 0.2) is 12.1 Å². The molecule has 0 saturated carbocycles. The molecule has 0 heteroatoms. The Kier molecular flexibility index (Phi) is 15.4. The highest BCUT2D eigenvalue weighted by molar-refractivity contribution is 5.37. The van der Waals surface area contributed by atoms with Crippen molar-refractivity contribution >= 4 is 0 Å². The number of hydrogen-bond acceptors (Lipinski definition) is 0. The van der Waals surface area contributed by atoms with Crippen LogP contribution < -0.4 is 0 Å². The molecule has 0 aromatic heterocycles. The van der Waals surface area contributed by atoms with Gasteiger partial charge in [0.2, 0.25) is 0 Å². The zero-order valence-corrected chi connectivity index (χ0v) is 19.9. The quantitative estimate of drug-likeness (QED) is 0.220. The van der Waals surface area contributed by atoms with E-state index in [4.69, 9.17) is 0 Å². The van der Waals surface area contributed by atoms with Crippen molar-refractivity contribution in [3.63, 3.8) is 0 Å². The first-order valence-electron chi connectivity index (χ1n) is 12.8. The van der Waals surface area contributed by atoms with Crippen LogP contribution in [-0.2, 0) is 12.8 Å². The molecular formula is C28H50. The monoisotopic (exact) mass is 386 g/mol. The Labute approximate surface area is 177 Å². The van der Waals surface area contributed by atoms with Gasteiger partial charge in [0, 0.05) is 0 Å². The Morgan fingerprint density at radius 1 is 0.429 bits per heavy atom. The fraction of sp³-hybridized carbons (Fsp3) is 0.786. The molecule has 0 amide bonds. The van der Waals surface area contributed by atoms with E-state index < -0.39 is 0 Å². The van der Waals surface area contributed by atoms with Gasteiger partial charge in [-0.05, 0) is 61.8 Å². The summed E-state index contributed by atoms with van der Waals surface area (Å²) in [5.41, 5.74) is 6.26. The zero-order chi connectivity index (χ0) is 20.5. The smallest absolute Gasteiger partial charge is 0.0276 e. The van der Waals surface area contributed by atoms with Crippen molar-refractivity contribution in [2.75, 3.05) is 0 Å². The van der Waals surface area contributed by atoms with Crippen molar-refractivity contribution in [2.45, 2.75) is 143 Å². The first kappa shape index (κ1) is 25.3. The zero-order valence-electron chi connectivity index (χ0n) is 19.9. The molecule has 0 bridgehead atoms. The number of aryl methyl sites for hydroxylation is 4. The van der Waals surface area contributed by atoms with E-state index >= 15 is 0 Å². The van der Waals surface area contributed by atoms with Crippen LogP contribution in [0.4, 0.5) is 0 Å². The Morgan fingerprint density at radius 2 is 0.714 bits per heavy atom. The Morgan fingerprint density at radius 3 is 1.04 bits per heavy atom. The Balaban J connectivity index is 2.20. The highest BCUT2D eigenvalue weighted by Gasteiger charge is 2.05. The van der Waals surface area contributed by atoms with Crippen molar-refractivity contribution in [3.05, 3.63) is 34.4 Å². The molecular weight excluding hydrogens is 336 g/mol. The average molecular weight is 387 g/mol. The predicted octanol–water partition coefficient (Wildman–Crippen LogP) is 9.67. The SMILES string of the molecule is CCCCCCCCCCc1cc(C)c(CCCCCCCCCC)cc1C. The van der Waals surface area contributed by atoms with Crippen LogP contribution in [0.5, 0.6) is 0 Å². The predicted molar refractivity (Wildman–Crippen MR) is 129 cm³/mol. The molecule has 0 fully saturated rings. The minimum atomic E-state index is 1.28. The normalized spacial score (nSPS) is 11.3. The second-order valence-electron chi connectivity index (χ2n) is 9.15. The first-order chi connectivity index (χ1) is 13.7. The van der Waals surface area contributed by atoms with Gasteiger partial charge in [-0.1, -0.05) is 116 Å². The summed E-state index contributed by atoms with van der Waals surface area (Å²) in [6, 6.07) is 4.99. The maximum atomic E-state index is 2.50. The second-order valence-corrected chi connectivity index (χ2v) is 9.15. The maximum Gasteiger partial charge on any atom is -0.0276 e. The van der Waals surface area contributed by atoms with Gasteiger partial charge >= 0.3 is 0 Å². The summed E-state index contributed by atoms with van der Waals surface area (Å²) in [5, 5.41) is 0. The fourth-order valence-electron chi connectivity index (χ4n) is 4.37. The highest BCUT2D eigenvalue weighted by atomic mass is 14.1. The van der Waals surface area contributed by atoms with E-state index in [0.717, 1.165) is 0 Å². The molecule has 0 unspecified atom stereocenters. The summed E-state index contributed by atoms with van der Waals surface area (Å²) in [6.07, 6.45) is 25.2. The van der Waals surface area contributed by atoms with E-state index in [9.17, 15) is 0 Å². The molecule has 0 heterocycles. The third-order valence-electron chi connectivity index (χ3n) is 6.39. The van der Waals surface area contributed by atoms with Gasteiger partial charge in [0.05, 0.1) is 0 Å². The van der Waals surface area contributed by atoms with Crippen LogP contribution >= 0.6 is 0 Å². The lowest BCUT2D eigenvalue weighted by molar-refractivity contribution is 0.574. The van der Waals surface area contributed by atoms with Gasteiger partial charge in [0.15, 0.2) is 0 Å². The molecule has 0 aliphatic rings. The third kappa shape index (κ3) is 11.9. The van der Waals surface area contributed by atoms with E-state index in [0.29, 0.717) is 0 Å². The molecule has 0 saturated heterocycles. The summed E-state index contributed by atoms with van der Waals surface area (Å²) in [5.74, 6) is 0. The van der Waals surface area contributed by atoms with E-state index in [2.05, 4.69) is 39.8 Å². The molecule has 0 atom stereocenters.